The number of nitrogens with zero attached hydrogens (tertiary/aromatic N) is 2. The Morgan fingerprint density at radius 3 is 3.08 bits per heavy atom. The molecule has 0 saturated carbocycles. The normalized spacial score (nSPS) is 12.4. The highest BCUT2D eigenvalue weighted by molar-refractivity contribution is 7.99. The highest BCUT2D eigenvalue weighted by atomic mass is 35.5. The fourth-order valence-electron chi connectivity index (χ4n) is 0.594. The molecule has 1 rings (SSSR count). The minimum absolute atomic E-state index is 0.300. The highest BCUT2D eigenvalue weighted by Crippen LogP contribution is 2.16. The Morgan fingerprint density at radius 1 is 1.77 bits per heavy atom. The third kappa shape index (κ3) is 3.61. The summed E-state index contributed by atoms with van der Waals surface area (Å²) in [5, 5.41) is 8.33. The van der Waals surface area contributed by atoms with E-state index in [1.54, 1.807) is 12.3 Å². The fourth-order valence-corrected chi connectivity index (χ4v) is 1.52. The van der Waals surface area contributed by atoms with E-state index < -0.39 is 11.3 Å². The van der Waals surface area contributed by atoms with Crippen LogP contribution in [0.3, 0.4) is 0 Å². The van der Waals surface area contributed by atoms with Gasteiger partial charge in [-0.3, -0.25) is 4.79 Å². The zero-order chi connectivity index (χ0) is 9.68. The zero-order valence-corrected chi connectivity index (χ0v) is 8.13. The molecular weight excluding hydrogens is 212 g/mol. The Labute approximate surface area is 84.3 Å². The van der Waals surface area contributed by atoms with Crippen molar-refractivity contribution in [2.45, 2.75) is 10.4 Å². The van der Waals surface area contributed by atoms with E-state index in [0.717, 1.165) is 5.03 Å². The SMILES string of the molecule is O=C(O)C(Cl)CSc1ccncn1. The van der Waals surface area contributed by atoms with Crippen molar-refractivity contribution in [3.05, 3.63) is 18.6 Å². The van der Waals surface area contributed by atoms with E-state index >= 15 is 0 Å². The maximum atomic E-state index is 10.3. The van der Waals surface area contributed by atoms with Gasteiger partial charge >= 0.3 is 5.97 Å². The molecule has 0 amide bonds. The van der Waals surface area contributed by atoms with Crippen LogP contribution in [0.1, 0.15) is 0 Å². The van der Waals surface area contributed by atoms with Gasteiger partial charge in [-0.15, -0.1) is 23.4 Å². The summed E-state index contributed by atoms with van der Waals surface area (Å²) in [6.45, 7) is 0. The van der Waals surface area contributed by atoms with Gasteiger partial charge in [0.25, 0.3) is 0 Å². The molecular formula is C7H7ClN2O2S. The Hall–Kier alpha value is -0.810. The van der Waals surface area contributed by atoms with Crippen LogP contribution in [-0.2, 0) is 4.79 Å². The Balaban J connectivity index is 2.39. The van der Waals surface area contributed by atoms with E-state index in [1.807, 2.05) is 0 Å². The molecule has 0 aliphatic carbocycles. The quantitative estimate of drug-likeness (QED) is 0.468. The van der Waals surface area contributed by atoms with Gasteiger partial charge in [-0.25, -0.2) is 9.97 Å². The van der Waals surface area contributed by atoms with Crippen molar-refractivity contribution in [3.63, 3.8) is 0 Å². The first-order chi connectivity index (χ1) is 6.20. The Kier molecular flexibility index (Phi) is 3.98. The molecule has 6 heteroatoms. The molecule has 1 heterocycles. The van der Waals surface area contributed by atoms with Crippen LogP contribution >= 0.6 is 23.4 Å². The number of rotatable bonds is 4. The molecule has 0 aromatic carbocycles. The molecule has 1 N–H and O–H groups in total. The number of aliphatic carboxylic acids is 1. The van der Waals surface area contributed by atoms with Crippen LogP contribution in [0.5, 0.6) is 0 Å². The molecule has 70 valence electrons. The van der Waals surface area contributed by atoms with Crippen molar-refractivity contribution in [3.8, 4) is 0 Å². The number of carboxylic acids is 1. The number of alkyl halides is 1. The first kappa shape index (κ1) is 10.3. The maximum Gasteiger partial charge on any atom is 0.322 e. The maximum absolute atomic E-state index is 10.3. The van der Waals surface area contributed by atoms with Gasteiger partial charge < -0.3 is 5.11 Å². The van der Waals surface area contributed by atoms with Gasteiger partial charge in [-0.1, -0.05) is 0 Å². The predicted molar refractivity (Wildman–Crippen MR) is 50.0 cm³/mol. The number of halogens is 1. The third-order valence-corrected chi connectivity index (χ3v) is 2.76. The number of hydrogen-bond donors (Lipinski definition) is 1. The third-order valence-electron chi connectivity index (χ3n) is 1.20. The molecule has 0 radical (unpaired) electrons. The molecule has 0 aliphatic rings. The van der Waals surface area contributed by atoms with Gasteiger partial charge in [0.1, 0.15) is 11.7 Å². The van der Waals surface area contributed by atoms with Gasteiger partial charge in [-0.05, 0) is 6.07 Å². The summed E-state index contributed by atoms with van der Waals surface area (Å²) in [6, 6.07) is 1.70. The van der Waals surface area contributed by atoms with E-state index in [0.29, 0.717) is 5.75 Å². The molecule has 0 bridgehead atoms. The second-order valence-electron chi connectivity index (χ2n) is 2.16. The smallest absolute Gasteiger partial charge is 0.322 e. The molecule has 0 spiro atoms. The molecule has 0 saturated heterocycles. The van der Waals surface area contributed by atoms with Crippen molar-refractivity contribution in [2.75, 3.05) is 5.75 Å². The zero-order valence-electron chi connectivity index (χ0n) is 6.55. The molecule has 1 unspecified atom stereocenters. The molecule has 1 aromatic heterocycles. The van der Waals surface area contributed by atoms with Crippen LogP contribution in [0.15, 0.2) is 23.6 Å². The van der Waals surface area contributed by atoms with Crippen molar-refractivity contribution in [1.82, 2.24) is 9.97 Å². The summed E-state index contributed by atoms with van der Waals surface area (Å²) in [5.41, 5.74) is 0. The van der Waals surface area contributed by atoms with Gasteiger partial charge in [0.2, 0.25) is 0 Å². The summed E-state index contributed by atoms with van der Waals surface area (Å²) in [7, 11) is 0. The average Bonchev–Trinajstić information content (AvgIpc) is 2.15. The van der Waals surface area contributed by atoms with Crippen LogP contribution in [0.4, 0.5) is 0 Å². The topological polar surface area (TPSA) is 63.1 Å². The van der Waals surface area contributed by atoms with Crippen LogP contribution in [0.2, 0.25) is 0 Å². The largest absolute Gasteiger partial charge is 0.480 e. The van der Waals surface area contributed by atoms with Crippen molar-refractivity contribution < 1.29 is 9.90 Å². The average molecular weight is 219 g/mol. The number of carbonyl (C=O) groups is 1. The van der Waals surface area contributed by atoms with E-state index in [9.17, 15) is 4.79 Å². The highest BCUT2D eigenvalue weighted by Gasteiger charge is 2.13. The minimum atomic E-state index is -1.01. The lowest BCUT2D eigenvalue weighted by molar-refractivity contribution is -0.136. The summed E-state index contributed by atoms with van der Waals surface area (Å²) in [4.78, 5) is 18.0. The summed E-state index contributed by atoms with van der Waals surface area (Å²) in [5.74, 6) is -0.711. The van der Waals surface area contributed by atoms with Crippen LogP contribution in [-0.4, -0.2) is 32.2 Å². The van der Waals surface area contributed by atoms with Gasteiger partial charge in [0, 0.05) is 11.9 Å². The molecule has 1 aromatic rings. The molecule has 1 atom stereocenters. The second kappa shape index (κ2) is 5.04. The number of carboxylic acid groups (broad SMARTS) is 1. The monoisotopic (exact) mass is 218 g/mol. The van der Waals surface area contributed by atoms with Gasteiger partial charge in [0.15, 0.2) is 0 Å². The lowest BCUT2D eigenvalue weighted by Crippen LogP contribution is -2.15. The van der Waals surface area contributed by atoms with E-state index in [1.165, 1.54) is 18.1 Å². The van der Waals surface area contributed by atoms with E-state index in [-0.39, 0.29) is 0 Å². The number of thioether (sulfide) groups is 1. The lowest BCUT2D eigenvalue weighted by atomic mass is 10.5. The first-order valence-electron chi connectivity index (χ1n) is 3.46. The van der Waals surface area contributed by atoms with Crippen LogP contribution < -0.4 is 0 Å². The molecule has 0 fully saturated rings. The number of hydrogen-bond acceptors (Lipinski definition) is 4. The number of aromatic nitrogens is 2. The summed E-state index contributed by atoms with van der Waals surface area (Å²) >= 11 is 6.79. The van der Waals surface area contributed by atoms with Crippen molar-refractivity contribution in [2.24, 2.45) is 0 Å². The summed E-state index contributed by atoms with van der Waals surface area (Å²) < 4.78 is 0. The van der Waals surface area contributed by atoms with E-state index in [4.69, 9.17) is 16.7 Å². The second-order valence-corrected chi connectivity index (χ2v) is 3.73. The predicted octanol–water partition coefficient (Wildman–Crippen LogP) is 1.26. The van der Waals surface area contributed by atoms with Crippen molar-refractivity contribution in [1.29, 1.82) is 0 Å². The molecule has 0 aliphatic heterocycles. The minimum Gasteiger partial charge on any atom is -0.480 e. The Morgan fingerprint density at radius 2 is 2.54 bits per heavy atom. The standard InChI is InChI=1S/C7H7ClN2O2S/c8-5(7(11)12)3-13-6-1-2-9-4-10-6/h1-2,4-5H,3H2,(H,11,12). The lowest BCUT2D eigenvalue weighted by Gasteiger charge is -2.01. The van der Waals surface area contributed by atoms with Crippen LogP contribution in [0.25, 0.3) is 0 Å². The first-order valence-corrected chi connectivity index (χ1v) is 4.88. The molecule has 13 heavy (non-hydrogen) atoms. The van der Waals surface area contributed by atoms with Gasteiger partial charge in [0.05, 0.1) is 5.03 Å². The fraction of sp³-hybridized carbons (Fsp3) is 0.286. The molecule has 4 nitrogen and oxygen atoms in total. The van der Waals surface area contributed by atoms with E-state index in [2.05, 4.69) is 9.97 Å². The summed E-state index contributed by atoms with van der Waals surface area (Å²) in [6.07, 6.45) is 3.01. The van der Waals surface area contributed by atoms with Crippen LogP contribution in [0, 0.1) is 0 Å². The Bertz CT molecular complexity index is 283. The van der Waals surface area contributed by atoms with Gasteiger partial charge in [-0.2, -0.15) is 0 Å². The van der Waals surface area contributed by atoms with Crippen molar-refractivity contribution >= 4 is 29.3 Å².